The van der Waals surface area contributed by atoms with Crippen molar-refractivity contribution in [3.8, 4) is 0 Å². The lowest BCUT2D eigenvalue weighted by molar-refractivity contribution is 0.437. The molecule has 0 aliphatic carbocycles. The summed E-state index contributed by atoms with van der Waals surface area (Å²) in [6, 6.07) is 7.09. The SMILES string of the molecule is CN(C)S(=O)(=O)NC(C)(C)c1ccc(Cl)cc1. The number of benzene rings is 1. The van der Waals surface area contributed by atoms with Gasteiger partial charge in [0.25, 0.3) is 10.2 Å². The van der Waals surface area contributed by atoms with Crippen LogP contribution in [-0.4, -0.2) is 26.8 Å². The van der Waals surface area contributed by atoms with Crippen LogP contribution in [0.4, 0.5) is 0 Å². The normalized spacial score (nSPS) is 13.1. The summed E-state index contributed by atoms with van der Waals surface area (Å²) in [5, 5.41) is 0.625. The van der Waals surface area contributed by atoms with E-state index >= 15 is 0 Å². The molecule has 0 aliphatic heterocycles. The Bertz CT molecular complexity index is 481. The Balaban J connectivity index is 3.00. The van der Waals surface area contributed by atoms with Gasteiger partial charge >= 0.3 is 0 Å². The van der Waals surface area contributed by atoms with Crippen molar-refractivity contribution in [2.45, 2.75) is 19.4 Å². The Morgan fingerprint density at radius 2 is 1.65 bits per heavy atom. The molecule has 0 aliphatic rings. The van der Waals surface area contributed by atoms with Gasteiger partial charge in [0, 0.05) is 19.1 Å². The second-order valence-corrected chi connectivity index (χ2v) is 6.84. The topological polar surface area (TPSA) is 49.4 Å². The van der Waals surface area contributed by atoms with Crippen molar-refractivity contribution in [3.05, 3.63) is 34.9 Å². The van der Waals surface area contributed by atoms with Gasteiger partial charge in [0.05, 0.1) is 5.54 Å². The molecule has 0 amide bonds. The van der Waals surface area contributed by atoms with Crippen molar-refractivity contribution >= 4 is 21.8 Å². The summed E-state index contributed by atoms with van der Waals surface area (Å²) in [5.74, 6) is 0. The number of rotatable bonds is 4. The molecule has 96 valence electrons. The van der Waals surface area contributed by atoms with Crippen LogP contribution in [0.5, 0.6) is 0 Å². The van der Waals surface area contributed by atoms with E-state index in [1.807, 2.05) is 0 Å². The lowest BCUT2D eigenvalue weighted by atomic mass is 9.96. The van der Waals surface area contributed by atoms with E-state index in [2.05, 4.69) is 4.72 Å². The largest absolute Gasteiger partial charge is 0.279 e. The Labute approximate surface area is 108 Å². The van der Waals surface area contributed by atoms with Crippen molar-refractivity contribution in [1.82, 2.24) is 9.03 Å². The maximum Gasteiger partial charge on any atom is 0.279 e. The molecular formula is C11H17ClN2O2S. The third-order valence-corrected chi connectivity index (χ3v) is 4.41. The molecule has 6 heteroatoms. The number of hydrogen-bond donors (Lipinski definition) is 1. The maximum atomic E-state index is 11.8. The molecule has 0 spiro atoms. The van der Waals surface area contributed by atoms with Gasteiger partial charge in [-0.25, -0.2) is 0 Å². The molecule has 1 rings (SSSR count). The van der Waals surface area contributed by atoms with Crippen molar-refractivity contribution in [1.29, 1.82) is 0 Å². The zero-order chi connectivity index (χ0) is 13.3. The molecule has 0 fully saturated rings. The van der Waals surface area contributed by atoms with Crippen LogP contribution >= 0.6 is 11.6 Å². The summed E-state index contributed by atoms with van der Waals surface area (Å²) in [4.78, 5) is 0. The van der Waals surface area contributed by atoms with Gasteiger partial charge in [-0.1, -0.05) is 23.7 Å². The summed E-state index contributed by atoms with van der Waals surface area (Å²) in [5.41, 5.74) is 0.167. The molecule has 1 aromatic carbocycles. The zero-order valence-electron chi connectivity index (χ0n) is 10.4. The molecule has 0 saturated carbocycles. The summed E-state index contributed by atoms with van der Waals surface area (Å²) < 4.78 is 27.3. The van der Waals surface area contributed by atoms with Crippen LogP contribution in [0.3, 0.4) is 0 Å². The van der Waals surface area contributed by atoms with Gasteiger partial charge in [0.2, 0.25) is 0 Å². The summed E-state index contributed by atoms with van der Waals surface area (Å²) in [6.07, 6.45) is 0. The first-order chi connectivity index (χ1) is 7.65. The van der Waals surface area contributed by atoms with E-state index in [9.17, 15) is 8.42 Å². The highest BCUT2D eigenvalue weighted by Gasteiger charge is 2.27. The van der Waals surface area contributed by atoms with E-state index in [-0.39, 0.29) is 0 Å². The molecule has 0 heterocycles. The van der Waals surface area contributed by atoms with Crippen LogP contribution in [0.2, 0.25) is 5.02 Å². The summed E-state index contributed by atoms with van der Waals surface area (Å²) in [7, 11) is -0.491. The van der Waals surface area contributed by atoms with Gasteiger partial charge in [-0.2, -0.15) is 17.4 Å². The molecule has 0 radical (unpaired) electrons. The van der Waals surface area contributed by atoms with Gasteiger partial charge in [-0.3, -0.25) is 0 Å². The quantitative estimate of drug-likeness (QED) is 0.914. The molecule has 4 nitrogen and oxygen atoms in total. The van der Waals surface area contributed by atoms with E-state index in [0.29, 0.717) is 5.02 Å². The highest BCUT2D eigenvalue weighted by molar-refractivity contribution is 7.87. The van der Waals surface area contributed by atoms with Crippen LogP contribution in [0, 0.1) is 0 Å². The Morgan fingerprint density at radius 3 is 2.06 bits per heavy atom. The van der Waals surface area contributed by atoms with Gasteiger partial charge in [-0.15, -0.1) is 0 Å². The van der Waals surface area contributed by atoms with Crippen LogP contribution < -0.4 is 4.72 Å². The minimum absolute atomic E-state index is 0.625. The molecule has 0 bridgehead atoms. The molecule has 1 N–H and O–H groups in total. The van der Waals surface area contributed by atoms with Gasteiger partial charge in [0.1, 0.15) is 0 Å². The average molecular weight is 277 g/mol. The molecule has 17 heavy (non-hydrogen) atoms. The third kappa shape index (κ3) is 3.67. The highest BCUT2D eigenvalue weighted by atomic mass is 35.5. The van der Waals surface area contributed by atoms with E-state index in [1.165, 1.54) is 14.1 Å². The summed E-state index contributed by atoms with van der Waals surface area (Å²) in [6.45, 7) is 3.61. The molecular weight excluding hydrogens is 260 g/mol. The Kier molecular flexibility index (Phi) is 4.19. The predicted molar refractivity (Wildman–Crippen MR) is 70.2 cm³/mol. The minimum Gasteiger partial charge on any atom is -0.195 e. The Hall–Kier alpha value is -0.620. The van der Waals surface area contributed by atoms with Crippen LogP contribution in [0.1, 0.15) is 19.4 Å². The fourth-order valence-electron chi connectivity index (χ4n) is 1.34. The second kappa shape index (κ2) is 4.94. The van der Waals surface area contributed by atoms with E-state index < -0.39 is 15.7 Å². The highest BCUT2D eigenvalue weighted by Crippen LogP contribution is 2.23. The molecule has 0 aromatic heterocycles. The maximum absolute atomic E-state index is 11.8. The smallest absolute Gasteiger partial charge is 0.195 e. The standard InChI is InChI=1S/C11H17ClN2O2S/c1-11(2,13-17(15,16)14(3)4)9-5-7-10(12)8-6-9/h5-8,13H,1-4H3. The number of nitrogens with one attached hydrogen (secondary N) is 1. The summed E-state index contributed by atoms with van der Waals surface area (Å²) >= 11 is 5.80. The Morgan fingerprint density at radius 1 is 1.18 bits per heavy atom. The fourth-order valence-corrected chi connectivity index (χ4v) is 2.41. The van der Waals surface area contributed by atoms with Crippen molar-refractivity contribution in [3.63, 3.8) is 0 Å². The van der Waals surface area contributed by atoms with E-state index in [1.54, 1.807) is 38.1 Å². The fraction of sp³-hybridized carbons (Fsp3) is 0.455. The van der Waals surface area contributed by atoms with E-state index in [4.69, 9.17) is 11.6 Å². The predicted octanol–water partition coefficient (Wildman–Crippen LogP) is 1.97. The van der Waals surface area contributed by atoms with Gasteiger partial charge in [-0.05, 0) is 31.5 Å². The molecule has 1 aromatic rings. The first-order valence-corrected chi connectivity index (χ1v) is 6.94. The van der Waals surface area contributed by atoms with Crippen molar-refractivity contribution in [2.75, 3.05) is 14.1 Å². The van der Waals surface area contributed by atoms with Gasteiger partial charge in [0.15, 0.2) is 0 Å². The minimum atomic E-state index is -3.46. The second-order valence-electron chi connectivity index (χ2n) is 4.52. The molecule has 0 saturated heterocycles. The average Bonchev–Trinajstić information content (AvgIpc) is 2.16. The van der Waals surface area contributed by atoms with Crippen LogP contribution in [0.15, 0.2) is 24.3 Å². The third-order valence-electron chi connectivity index (χ3n) is 2.43. The van der Waals surface area contributed by atoms with E-state index in [0.717, 1.165) is 9.87 Å². The molecule has 0 atom stereocenters. The van der Waals surface area contributed by atoms with Crippen molar-refractivity contribution < 1.29 is 8.42 Å². The number of nitrogens with zero attached hydrogens (tertiary/aromatic N) is 1. The monoisotopic (exact) mass is 276 g/mol. The first-order valence-electron chi connectivity index (χ1n) is 5.12. The number of halogens is 1. The van der Waals surface area contributed by atoms with Crippen LogP contribution in [0.25, 0.3) is 0 Å². The lowest BCUT2D eigenvalue weighted by Crippen LogP contribution is -2.46. The zero-order valence-corrected chi connectivity index (χ0v) is 11.9. The number of hydrogen-bond acceptors (Lipinski definition) is 2. The van der Waals surface area contributed by atoms with Gasteiger partial charge < -0.3 is 0 Å². The first kappa shape index (κ1) is 14.4. The molecule has 0 unspecified atom stereocenters. The lowest BCUT2D eigenvalue weighted by Gasteiger charge is -2.28. The van der Waals surface area contributed by atoms with Crippen molar-refractivity contribution in [2.24, 2.45) is 0 Å². The van der Waals surface area contributed by atoms with Crippen LogP contribution in [-0.2, 0) is 15.7 Å².